The molecule has 2 aliphatic rings. The molecule has 0 aromatic carbocycles. The molecule has 0 amide bonds. The van der Waals surface area contributed by atoms with Crippen molar-refractivity contribution in [2.75, 3.05) is 0 Å². The quantitative estimate of drug-likeness (QED) is 0.821. The van der Waals surface area contributed by atoms with E-state index in [1.807, 2.05) is 0 Å². The molecule has 4 heteroatoms. The minimum Gasteiger partial charge on any atom is -0.305 e. The molecule has 1 saturated carbocycles. The zero-order chi connectivity index (χ0) is 11.0. The van der Waals surface area contributed by atoms with E-state index in [0.29, 0.717) is 0 Å². The summed E-state index contributed by atoms with van der Waals surface area (Å²) < 4.78 is 13.4. The number of alkyl halides is 1. The summed E-state index contributed by atoms with van der Waals surface area (Å²) in [6.07, 6.45) is 5.52. The van der Waals surface area contributed by atoms with E-state index >= 15 is 0 Å². The van der Waals surface area contributed by atoms with Crippen LogP contribution in [0, 0.1) is 0 Å². The maximum absolute atomic E-state index is 13.4. The van der Waals surface area contributed by atoms with Crippen molar-refractivity contribution in [1.29, 1.82) is 0 Å². The molecule has 0 spiro atoms. The summed E-state index contributed by atoms with van der Waals surface area (Å²) >= 11 is 0. The summed E-state index contributed by atoms with van der Waals surface area (Å²) in [5.41, 5.74) is 3.77. The minimum absolute atomic E-state index is 0.0498. The number of nitrogens with zero attached hydrogens (tertiary/aromatic N) is 1. The van der Waals surface area contributed by atoms with Crippen molar-refractivity contribution in [2.45, 2.75) is 57.3 Å². The minimum atomic E-state index is -0.660. The average Bonchev–Trinajstić information content (AvgIpc) is 2.92. The van der Waals surface area contributed by atoms with E-state index in [-0.39, 0.29) is 6.04 Å². The van der Waals surface area contributed by atoms with E-state index in [1.165, 1.54) is 17.7 Å². The van der Waals surface area contributed by atoms with Crippen molar-refractivity contribution in [1.82, 2.24) is 15.5 Å². The maximum atomic E-state index is 13.4. The van der Waals surface area contributed by atoms with E-state index in [4.69, 9.17) is 0 Å². The first-order valence-corrected chi connectivity index (χ1v) is 6.27. The Morgan fingerprint density at radius 3 is 3.06 bits per heavy atom. The van der Waals surface area contributed by atoms with Gasteiger partial charge in [0, 0.05) is 18.3 Å². The number of hydrogen-bond donors (Lipinski definition) is 2. The lowest BCUT2D eigenvalue weighted by atomic mass is 10.2. The molecule has 1 heterocycles. The van der Waals surface area contributed by atoms with E-state index in [1.54, 1.807) is 0 Å². The summed E-state index contributed by atoms with van der Waals surface area (Å²) in [5.74, 6) is 0. The Morgan fingerprint density at radius 2 is 2.25 bits per heavy atom. The average molecular weight is 223 g/mol. The number of fused-ring (bicyclic) bond motifs is 1. The second-order valence-electron chi connectivity index (χ2n) is 4.92. The van der Waals surface area contributed by atoms with E-state index in [9.17, 15) is 4.39 Å². The molecule has 1 aromatic heterocycles. The molecule has 0 saturated heterocycles. The third-order valence-corrected chi connectivity index (χ3v) is 3.86. The first-order chi connectivity index (χ1) is 7.84. The number of H-pyrrole nitrogens is 1. The van der Waals surface area contributed by atoms with Crippen LogP contribution in [0.3, 0.4) is 0 Å². The fraction of sp³-hybridized carbons (Fsp3) is 0.750. The third-order valence-electron chi connectivity index (χ3n) is 3.86. The number of hydrogen-bond acceptors (Lipinski definition) is 2. The second-order valence-corrected chi connectivity index (χ2v) is 4.92. The van der Waals surface area contributed by atoms with E-state index in [0.717, 1.165) is 44.3 Å². The van der Waals surface area contributed by atoms with Crippen LogP contribution in [-0.2, 0) is 19.4 Å². The summed E-state index contributed by atoms with van der Waals surface area (Å²) in [6, 6.07) is 0.0498. The Morgan fingerprint density at radius 1 is 1.31 bits per heavy atom. The molecule has 2 aliphatic carbocycles. The van der Waals surface area contributed by atoms with Crippen molar-refractivity contribution in [3.8, 4) is 0 Å². The smallest absolute Gasteiger partial charge is 0.115 e. The van der Waals surface area contributed by atoms with Crippen LogP contribution in [0.25, 0.3) is 0 Å². The molecule has 0 radical (unpaired) electrons. The largest absolute Gasteiger partial charge is 0.305 e. The SMILES string of the molecule is FC1CCCC1NCc1n[nH]c2c1CCC2. The number of rotatable bonds is 3. The van der Waals surface area contributed by atoms with Crippen LogP contribution < -0.4 is 5.32 Å². The molecule has 1 aromatic rings. The predicted octanol–water partition coefficient (Wildman–Crippen LogP) is 1.88. The first kappa shape index (κ1) is 10.3. The molecule has 2 unspecified atom stereocenters. The first-order valence-electron chi connectivity index (χ1n) is 6.27. The number of aromatic amines is 1. The monoisotopic (exact) mass is 223 g/mol. The van der Waals surface area contributed by atoms with Crippen molar-refractivity contribution in [3.63, 3.8) is 0 Å². The van der Waals surface area contributed by atoms with Gasteiger partial charge >= 0.3 is 0 Å². The molecular formula is C12H18FN3. The van der Waals surface area contributed by atoms with Gasteiger partial charge in [0.15, 0.2) is 0 Å². The molecule has 3 nitrogen and oxygen atoms in total. The number of nitrogens with one attached hydrogen (secondary N) is 2. The highest BCUT2D eigenvalue weighted by Gasteiger charge is 2.27. The van der Waals surface area contributed by atoms with Crippen LogP contribution in [0.15, 0.2) is 0 Å². The fourth-order valence-electron chi connectivity index (χ4n) is 2.91. The lowest BCUT2D eigenvalue weighted by molar-refractivity contribution is 0.278. The van der Waals surface area contributed by atoms with E-state index in [2.05, 4.69) is 15.5 Å². The van der Waals surface area contributed by atoms with Gasteiger partial charge in [0.05, 0.1) is 5.69 Å². The van der Waals surface area contributed by atoms with Crippen LogP contribution in [0.5, 0.6) is 0 Å². The van der Waals surface area contributed by atoms with Crippen LogP contribution in [0.4, 0.5) is 4.39 Å². The Bertz CT molecular complexity index is 374. The Hall–Kier alpha value is -0.900. The molecule has 0 aliphatic heterocycles. The topological polar surface area (TPSA) is 40.7 Å². The summed E-state index contributed by atoms with van der Waals surface area (Å²) in [4.78, 5) is 0. The van der Waals surface area contributed by atoms with Gasteiger partial charge in [-0.15, -0.1) is 0 Å². The third kappa shape index (κ3) is 1.75. The molecule has 2 N–H and O–H groups in total. The van der Waals surface area contributed by atoms with Gasteiger partial charge < -0.3 is 5.32 Å². The van der Waals surface area contributed by atoms with Gasteiger partial charge in [-0.25, -0.2) is 4.39 Å². The summed E-state index contributed by atoms with van der Waals surface area (Å²) in [7, 11) is 0. The van der Waals surface area contributed by atoms with Gasteiger partial charge in [-0.05, 0) is 44.1 Å². The van der Waals surface area contributed by atoms with Crippen molar-refractivity contribution >= 4 is 0 Å². The van der Waals surface area contributed by atoms with Crippen molar-refractivity contribution in [3.05, 3.63) is 17.0 Å². The maximum Gasteiger partial charge on any atom is 0.115 e. The van der Waals surface area contributed by atoms with Gasteiger partial charge in [-0.1, -0.05) is 0 Å². The van der Waals surface area contributed by atoms with E-state index < -0.39 is 6.17 Å². The lowest BCUT2D eigenvalue weighted by Gasteiger charge is -2.14. The molecule has 2 atom stereocenters. The normalized spacial score (nSPS) is 28.6. The van der Waals surface area contributed by atoms with Gasteiger partial charge in [-0.3, -0.25) is 5.10 Å². The molecule has 3 rings (SSSR count). The Kier molecular flexibility index (Phi) is 2.67. The highest BCUT2D eigenvalue weighted by molar-refractivity contribution is 5.29. The Balaban J connectivity index is 1.62. The highest BCUT2D eigenvalue weighted by Crippen LogP contribution is 2.25. The molecule has 88 valence electrons. The van der Waals surface area contributed by atoms with Crippen molar-refractivity contribution < 1.29 is 4.39 Å². The van der Waals surface area contributed by atoms with Gasteiger partial charge in [-0.2, -0.15) is 5.10 Å². The second kappa shape index (κ2) is 4.17. The molecule has 16 heavy (non-hydrogen) atoms. The molecule has 0 bridgehead atoms. The lowest BCUT2D eigenvalue weighted by Crippen LogP contribution is -2.33. The van der Waals surface area contributed by atoms with Crippen molar-refractivity contribution in [2.24, 2.45) is 0 Å². The standard InChI is InChI=1S/C12H18FN3/c13-9-4-2-6-11(9)14-7-12-8-3-1-5-10(8)15-16-12/h9,11,14H,1-7H2,(H,15,16). The summed E-state index contributed by atoms with van der Waals surface area (Å²) in [5, 5.41) is 10.7. The Labute approximate surface area is 94.8 Å². The molecular weight excluding hydrogens is 205 g/mol. The number of halogens is 1. The molecule has 1 fully saturated rings. The van der Waals surface area contributed by atoms with Gasteiger partial charge in [0.1, 0.15) is 6.17 Å². The van der Waals surface area contributed by atoms with Crippen LogP contribution in [-0.4, -0.2) is 22.4 Å². The zero-order valence-corrected chi connectivity index (χ0v) is 9.43. The summed E-state index contributed by atoms with van der Waals surface area (Å²) in [6.45, 7) is 0.719. The van der Waals surface area contributed by atoms with Gasteiger partial charge in [0.2, 0.25) is 0 Å². The van der Waals surface area contributed by atoms with Gasteiger partial charge in [0.25, 0.3) is 0 Å². The van der Waals surface area contributed by atoms with Crippen LogP contribution in [0.2, 0.25) is 0 Å². The number of aryl methyl sites for hydroxylation is 1. The zero-order valence-electron chi connectivity index (χ0n) is 9.43. The number of aromatic nitrogens is 2. The van der Waals surface area contributed by atoms with Crippen LogP contribution >= 0.6 is 0 Å². The predicted molar refractivity (Wildman–Crippen MR) is 60.0 cm³/mol. The fourth-order valence-corrected chi connectivity index (χ4v) is 2.91. The van der Waals surface area contributed by atoms with Crippen LogP contribution in [0.1, 0.15) is 42.6 Å². The highest BCUT2D eigenvalue weighted by atomic mass is 19.1.